The van der Waals surface area contributed by atoms with E-state index in [9.17, 15) is 4.79 Å². The zero-order chi connectivity index (χ0) is 19.9. The highest BCUT2D eigenvalue weighted by atomic mass is 16.5. The van der Waals surface area contributed by atoms with E-state index in [-0.39, 0.29) is 11.9 Å². The number of nitrogens with zero attached hydrogens (tertiary/aromatic N) is 2. The average molecular weight is 382 g/mol. The van der Waals surface area contributed by atoms with Crippen LogP contribution in [0.4, 0.5) is 5.69 Å². The number of anilines is 1. The number of methoxy groups -OCH3 is 1. The highest BCUT2D eigenvalue weighted by Crippen LogP contribution is 2.27. The zero-order valence-corrected chi connectivity index (χ0v) is 17.1. The Balaban J connectivity index is 1.62. The summed E-state index contributed by atoms with van der Waals surface area (Å²) in [5.74, 6) is 0.0433. The van der Waals surface area contributed by atoms with Gasteiger partial charge in [0.25, 0.3) is 0 Å². The molecule has 1 heterocycles. The molecule has 1 fully saturated rings. The van der Waals surface area contributed by atoms with Crippen molar-refractivity contribution >= 4 is 11.6 Å². The van der Waals surface area contributed by atoms with Crippen LogP contribution in [0.2, 0.25) is 0 Å². The molecule has 3 rings (SSSR count). The number of rotatable bonds is 7. The average Bonchev–Trinajstić information content (AvgIpc) is 2.74. The number of carbonyl (C=O) groups excluding carboxylic acids is 1. The predicted molar refractivity (Wildman–Crippen MR) is 114 cm³/mol. The second-order valence-corrected chi connectivity index (χ2v) is 7.45. The standard InChI is InChI=1S/C23H31N3O2/c1-18(17-28-3)25-13-15-26(16-14-25)19(2)23(27)24-22-12-8-7-11-21(22)20-9-5-4-6-10-20/h4-12,18-19H,13-17H2,1-3H3,(H,24,27). The summed E-state index contributed by atoms with van der Waals surface area (Å²) in [6, 6.07) is 18.4. The topological polar surface area (TPSA) is 44.8 Å². The number of para-hydroxylation sites is 1. The van der Waals surface area contributed by atoms with Crippen molar-refractivity contribution in [2.75, 3.05) is 45.2 Å². The van der Waals surface area contributed by atoms with E-state index in [4.69, 9.17) is 4.74 Å². The molecule has 5 nitrogen and oxygen atoms in total. The van der Waals surface area contributed by atoms with Crippen LogP contribution in [-0.2, 0) is 9.53 Å². The Kier molecular flexibility index (Phi) is 7.20. The van der Waals surface area contributed by atoms with Gasteiger partial charge < -0.3 is 10.1 Å². The van der Waals surface area contributed by atoms with Crippen LogP contribution in [0.3, 0.4) is 0 Å². The molecule has 5 heteroatoms. The van der Waals surface area contributed by atoms with Crippen molar-refractivity contribution in [3.63, 3.8) is 0 Å². The minimum Gasteiger partial charge on any atom is -0.383 e. The Morgan fingerprint density at radius 2 is 1.57 bits per heavy atom. The van der Waals surface area contributed by atoms with Gasteiger partial charge in [-0.25, -0.2) is 0 Å². The molecule has 0 saturated carbocycles. The number of hydrogen-bond acceptors (Lipinski definition) is 4. The van der Waals surface area contributed by atoms with Gasteiger partial charge in [0.15, 0.2) is 0 Å². The van der Waals surface area contributed by atoms with E-state index in [1.54, 1.807) is 7.11 Å². The lowest BCUT2D eigenvalue weighted by molar-refractivity contribution is -0.121. The molecule has 0 radical (unpaired) electrons. The Hall–Kier alpha value is -2.21. The highest BCUT2D eigenvalue weighted by molar-refractivity contribution is 5.98. The van der Waals surface area contributed by atoms with E-state index in [1.807, 2.05) is 49.4 Å². The second-order valence-electron chi connectivity index (χ2n) is 7.45. The zero-order valence-electron chi connectivity index (χ0n) is 17.1. The van der Waals surface area contributed by atoms with Crippen LogP contribution < -0.4 is 5.32 Å². The molecule has 1 saturated heterocycles. The van der Waals surface area contributed by atoms with Crippen LogP contribution in [0.1, 0.15) is 13.8 Å². The smallest absolute Gasteiger partial charge is 0.241 e. The third-order valence-corrected chi connectivity index (χ3v) is 5.58. The minimum absolute atomic E-state index is 0.0433. The fourth-order valence-electron chi connectivity index (χ4n) is 3.78. The third kappa shape index (κ3) is 4.98. The largest absolute Gasteiger partial charge is 0.383 e. The molecule has 28 heavy (non-hydrogen) atoms. The maximum atomic E-state index is 12.9. The number of carbonyl (C=O) groups is 1. The fourth-order valence-corrected chi connectivity index (χ4v) is 3.78. The normalized spacial score (nSPS) is 17.8. The van der Waals surface area contributed by atoms with Gasteiger partial charge in [-0.15, -0.1) is 0 Å². The molecule has 0 bridgehead atoms. The molecule has 0 spiro atoms. The SMILES string of the molecule is COCC(C)N1CCN(C(C)C(=O)Nc2ccccc2-c2ccccc2)CC1. The highest BCUT2D eigenvalue weighted by Gasteiger charge is 2.27. The molecule has 1 N–H and O–H groups in total. The van der Waals surface area contributed by atoms with E-state index in [2.05, 4.69) is 34.2 Å². The Morgan fingerprint density at radius 1 is 0.964 bits per heavy atom. The van der Waals surface area contributed by atoms with E-state index in [0.717, 1.165) is 49.6 Å². The van der Waals surface area contributed by atoms with Gasteiger partial charge in [0.2, 0.25) is 5.91 Å². The first-order chi connectivity index (χ1) is 13.6. The second kappa shape index (κ2) is 9.82. The quantitative estimate of drug-likeness (QED) is 0.799. The first kappa shape index (κ1) is 20.5. The molecular weight excluding hydrogens is 350 g/mol. The first-order valence-electron chi connectivity index (χ1n) is 10.0. The van der Waals surface area contributed by atoms with Gasteiger partial charge in [-0.3, -0.25) is 14.6 Å². The summed E-state index contributed by atoms with van der Waals surface area (Å²) in [4.78, 5) is 17.6. The predicted octanol–water partition coefficient (Wildman–Crippen LogP) is 3.33. The lowest BCUT2D eigenvalue weighted by atomic mass is 10.0. The molecule has 2 unspecified atom stereocenters. The summed E-state index contributed by atoms with van der Waals surface area (Å²) in [7, 11) is 1.74. The van der Waals surface area contributed by atoms with Crippen molar-refractivity contribution in [2.45, 2.75) is 25.9 Å². The summed E-state index contributed by atoms with van der Waals surface area (Å²) >= 11 is 0. The van der Waals surface area contributed by atoms with Crippen LogP contribution in [-0.4, -0.2) is 67.7 Å². The third-order valence-electron chi connectivity index (χ3n) is 5.58. The van der Waals surface area contributed by atoms with Crippen molar-refractivity contribution in [3.8, 4) is 11.1 Å². The van der Waals surface area contributed by atoms with Gasteiger partial charge in [-0.1, -0.05) is 48.5 Å². The molecule has 1 aliphatic heterocycles. The van der Waals surface area contributed by atoms with Gasteiger partial charge in [0.05, 0.1) is 12.6 Å². The van der Waals surface area contributed by atoms with Crippen molar-refractivity contribution < 1.29 is 9.53 Å². The molecule has 1 amide bonds. The molecule has 1 aliphatic rings. The van der Waals surface area contributed by atoms with Crippen LogP contribution >= 0.6 is 0 Å². The number of amides is 1. The molecule has 0 aromatic heterocycles. The van der Waals surface area contributed by atoms with E-state index in [0.29, 0.717) is 6.04 Å². The maximum Gasteiger partial charge on any atom is 0.241 e. The summed E-state index contributed by atoms with van der Waals surface area (Å²) in [6.07, 6.45) is 0. The van der Waals surface area contributed by atoms with Crippen LogP contribution in [0.15, 0.2) is 54.6 Å². The van der Waals surface area contributed by atoms with Crippen LogP contribution in [0, 0.1) is 0 Å². The lowest BCUT2D eigenvalue weighted by Crippen LogP contribution is -2.55. The molecule has 0 aliphatic carbocycles. The van der Waals surface area contributed by atoms with Crippen molar-refractivity contribution in [2.24, 2.45) is 0 Å². The van der Waals surface area contributed by atoms with Gasteiger partial charge in [0, 0.05) is 50.6 Å². The number of nitrogens with one attached hydrogen (secondary N) is 1. The molecule has 2 aromatic rings. The molecule has 2 atom stereocenters. The van der Waals surface area contributed by atoms with Gasteiger partial charge >= 0.3 is 0 Å². The van der Waals surface area contributed by atoms with Crippen LogP contribution in [0.5, 0.6) is 0 Å². The number of benzene rings is 2. The van der Waals surface area contributed by atoms with E-state index >= 15 is 0 Å². The number of piperazine rings is 1. The Morgan fingerprint density at radius 3 is 2.25 bits per heavy atom. The van der Waals surface area contributed by atoms with Gasteiger partial charge in [-0.05, 0) is 25.5 Å². The monoisotopic (exact) mass is 381 g/mol. The number of ether oxygens (including phenoxy) is 1. The summed E-state index contributed by atoms with van der Waals surface area (Å²) in [6.45, 7) is 8.63. The first-order valence-corrected chi connectivity index (χ1v) is 10.0. The summed E-state index contributed by atoms with van der Waals surface area (Å²) in [5, 5.41) is 3.15. The summed E-state index contributed by atoms with van der Waals surface area (Å²) in [5.41, 5.74) is 3.01. The molecule has 2 aromatic carbocycles. The van der Waals surface area contributed by atoms with E-state index < -0.39 is 0 Å². The fraction of sp³-hybridized carbons (Fsp3) is 0.435. The lowest BCUT2D eigenvalue weighted by Gasteiger charge is -2.39. The Bertz CT molecular complexity index is 757. The van der Waals surface area contributed by atoms with Crippen molar-refractivity contribution in [1.29, 1.82) is 0 Å². The van der Waals surface area contributed by atoms with Crippen molar-refractivity contribution in [3.05, 3.63) is 54.6 Å². The Labute approximate surface area is 168 Å². The maximum absolute atomic E-state index is 12.9. The molecular formula is C23H31N3O2. The molecule has 150 valence electrons. The van der Waals surface area contributed by atoms with Crippen LogP contribution in [0.25, 0.3) is 11.1 Å². The van der Waals surface area contributed by atoms with Crippen molar-refractivity contribution in [1.82, 2.24) is 9.80 Å². The number of hydrogen-bond donors (Lipinski definition) is 1. The van der Waals surface area contributed by atoms with Gasteiger partial charge in [0.1, 0.15) is 0 Å². The van der Waals surface area contributed by atoms with Gasteiger partial charge in [-0.2, -0.15) is 0 Å². The summed E-state index contributed by atoms with van der Waals surface area (Å²) < 4.78 is 5.26. The van der Waals surface area contributed by atoms with E-state index in [1.165, 1.54) is 0 Å². The minimum atomic E-state index is -0.163.